The fourth-order valence-corrected chi connectivity index (χ4v) is 6.82. The van der Waals surface area contributed by atoms with Crippen LogP contribution in [0.25, 0.3) is 0 Å². The second-order valence-corrected chi connectivity index (χ2v) is 6.50. The van der Waals surface area contributed by atoms with Crippen molar-refractivity contribution >= 4 is 7.92 Å². The van der Waals surface area contributed by atoms with E-state index in [2.05, 4.69) is 6.66 Å². The van der Waals surface area contributed by atoms with Gasteiger partial charge in [0.05, 0.1) is 0 Å². The van der Waals surface area contributed by atoms with Crippen LogP contribution in [0.3, 0.4) is 0 Å². The molecular formula is C8H13P. The molecule has 0 aromatic carbocycles. The van der Waals surface area contributed by atoms with E-state index in [0.717, 1.165) is 0 Å². The number of rotatable bonds is 0. The molecule has 2 aliphatic carbocycles. The zero-order valence-electron chi connectivity index (χ0n) is 5.88. The Morgan fingerprint density at radius 1 is 1.11 bits per heavy atom. The fraction of sp³-hybridized carbons (Fsp3) is 1.00. The Hall–Kier alpha value is 0.430. The average molecular weight is 140 g/mol. The quantitative estimate of drug-likeness (QED) is 0.453. The van der Waals surface area contributed by atoms with Crippen molar-refractivity contribution in [3.63, 3.8) is 0 Å². The van der Waals surface area contributed by atoms with Gasteiger partial charge in [-0.3, -0.25) is 0 Å². The number of hydrogen-bond acceptors (Lipinski definition) is 0. The first kappa shape index (κ1) is 5.13. The lowest BCUT2D eigenvalue weighted by molar-refractivity contribution is 0.546. The summed E-state index contributed by atoms with van der Waals surface area (Å²) in [5.41, 5.74) is 2.55. The molecule has 1 heterocycles. The molecule has 0 radical (unpaired) electrons. The van der Waals surface area contributed by atoms with Crippen LogP contribution in [-0.4, -0.2) is 18.0 Å². The summed E-state index contributed by atoms with van der Waals surface area (Å²) < 4.78 is 0. The van der Waals surface area contributed by atoms with Gasteiger partial charge in [0.25, 0.3) is 0 Å². The van der Waals surface area contributed by atoms with Crippen LogP contribution in [0.15, 0.2) is 0 Å². The van der Waals surface area contributed by atoms with Crippen LogP contribution < -0.4 is 0 Å². The summed E-state index contributed by atoms with van der Waals surface area (Å²) in [6.45, 7) is 2.52. The molecule has 1 saturated heterocycles. The van der Waals surface area contributed by atoms with Crippen molar-refractivity contribution in [2.24, 2.45) is 11.8 Å². The van der Waals surface area contributed by atoms with Crippen LogP contribution in [0.5, 0.6) is 0 Å². The summed E-state index contributed by atoms with van der Waals surface area (Å²) in [7, 11) is 0.575. The molecule has 1 unspecified atom stereocenters. The first-order valence-corrected chi connectivity index (χ1v) is 6.02. The van der Waals surface area contributed by atoms with Crippen molar-refractivity contribution in [2.75, 3.05) is 6.66 Å². The minimum absolute atomic E-state index is 0.575. The Morgan fingerprint density at radius 2 is 1.67 bits per heavy atom. The maximum absolute atomic E-state index is 2.52. The van der Waals surface area contributed by atoms with Crippen LogP contribution in [0, 0.1) is 11.8 Å². The summed E-state index contributed by atoms with van der Waals surface area (Å²) in [6, 6.07) is 0. The molecular weight excluding hydrogens is 127 g/mol. The molecule has 0 aromatic rings. The highest BCUT2D eigenvalue weighted by molar-refractivity contribution is 7.66. The van der Waals surface area contributed by atoms with Crippen LogP contribution in [0.2, 0.25) is 0 Å². The molecule has 1 heteroatoms. The predicted molar refractivity (Wildman–Crippen MR) is 41.3 cm³/mol. The highest BCUT2D eigenvalue weighted by Gasteiger charge is 2.62. The van der Waals surface area contributed by atoms with E-state index >= 15 is 0 Å². The minimum atomic E-state index is 0.575. The van der Waals surface area contributed by atoms with Crippen molar-refractivity contribution in [1.29, 1.82) is 0 Å². The van der Waals surface area contributed by atoms with Crippen LogP contribution in [0.4, 0.5) is 0 Å². The van der Waals surface area contributed by atoms with Gasteiger partial charge in [0.15, 0.2) is 0 Å². The maximum atomic E-state index is 2.52. The van der Waals surface area contributed by atoms with Crippen LogP contribution >= 0.6 is 7.92 Å². The minimum Gasteiger partial charge on any atom is -0.102 e. The molecule has 50 valence electrons. The molecule has 2 bridgehead atoms. The van der Waals surface area contributed by atoms with Gasteiger partial charge < -0.3 is 0 Å². The Morgan fingerprint density at radius 3 is 2.11 bits per heavy atom. The normalized spacial score (nSPS) is 68.3. The fourth-order valence-electron chi connectivity index (χ4n) is 3.28. The second kappa shape index (κ2) is 1.37. The van der Waals surface area contributed by atoms with Gasteiger partial charge in [-0.1, -0.05) is 0 Å². The van der Waals surface area contributed by atoms with Crippen molar-refractivity contribution < 1.29 is 0 Å². The van der Waals surface area contributed by atoms with Crippen LogP contribution in [-0.2, 0) is 0 Å². The van der Waals surface area contributed by atoms with E-state index in [4.69, 9.17) is 0 Å². The Labute approximate surface area is 57.8 Å². The average Bonchev–Trinajstić information content (AvgIpc) is 2.29. The van der Waals surface area contributed by atoms with Gasteiger partial charge in [0, 0.05) is 0 Å². The maximum Gasteiger partial charge on any atom is -0.0110 e. The van der Waals surface area contributed by atoms with E-state index in [1.165, 1.54) is 23.2 Å². The van der Waals surface area contributed by atoms with Crippen molar-refractivity contribution in [2.45, 2.75) is 30.6 Å². The molecule has 3 fully saturated rings. The van der Waals surface area contributed by atoms with Gasteiger partial charge >= 0.3 is 0 Å². The number of fused-ring (bicyclic) bond motifs is 5. The molecule has 2 saturated carbocycles. The topological polar surface area (TPSA) is 0 Å². The van der Waals surface area contributed by atoms with Crippen LogP contribution in [0.1, 0.15) is 19.3 Å². The van der Waals surface area contributed by atoms with Gasteiger partial charge in [0.1, 0.15) is 0 Å². The summed E-state index contributed by atoms with van der Waals surface area (Å²) in [5.74, 6) is 2.44. The molecule has 0 nitrogen and oxygen atoms in total. The molecule has 1 aliphatic heterocycles. The van der Waals surface area contributed by atoms with Crippen molar-refractivity contribution in [1.82, 2.24) is 0 Å². The van der Waals surface area contributed by atoms with Gasteiger partial charge in [-0.05, 0) is 49.1 Å². The lowest BCUT2D eigenvalue weighted by Crippen LogP contribution is -2.04. The SMILES string of the molecule is CP1[C@@H]2[C@H]3CC[C@H](C3)[C@@H]21. The molecule has 5 atom stereocenters. The molecule has 0 N–H and O–H groups in total. The molecule has 0 spiro atoms. The summed E-state index contributed by atoms with van der Waals surface area (Å²) in [5, 5.41) is 0. The zero-order valence-corrected chi connectivity index (χ0v) is 6.77. The summed E-state index contributed by atoms with van der Waals surface area (Å²) >= 11 is 0. The highest BCUT2D eigenvalue weighted by Crippen LogP contribution is 2.78. The Kier molecular flexibility index (Phi) is 0.781. The first-order chi connectivity index (χ1) is 4.38. The predicted octanol–water partition coefficient (Wildman–Crippen LogP) is 2.28. The van der Waals surface area contributed by atoms with E-state index in [0.29, 0.717) is 7.92 Å². The molecule has 3 aliphatic rings. The lowest BCUT2D eigenvalue weighted by Gasteiger charge is -2.03. The zero-order chi connectivity index (χ0) is 6.01. The van der Waals surface area contributed by atoms with Crippen molar-refractivity contribution in [3.8, 4) is 0 Å². The lowest BCUT2D eigenvalue weighted by atomic mass is 10.0. The molecule has 3 rings (SSSR count). The third-order valence-corrected chi connectivity index (χ3v) is 6.70. The van der Waals surface area contributed by atoms with E-state index in [1.807, 2.05) is 0 Å². The third-order valence-electron chi connectivity index (χ3n) is 3.68. The Balaban J connectivity index is 1.96. The van der Waals surface area contributed by atoms with E-state index in [9.17, 15) is 0 Å². The number of hydrogen-bond donors (Lipinski definition) is 0. The van der Waals surface area contributed by atoms with E-state index in [1.54, 1.807) is 19.3 Å². The van der Waals surface area contributed by atoms with Gasteiger partial charge in [-0.2, -0.15) is 0 Å². The standard InChI is InChI=1S/C8H13P/c1-9-7-5-2-3-6(4-5)8(7)9/h5-8H,2-4H2,1H3/t5-,6+,7+,8-,9?. The third kappa shape index (κ3) is 0.463. The van der Waals surface area contributed by atoms with Gasteiger partial charge in [-0.25, -0.2) is 0 Å². The smallest absolute Gasteiger partial charge is 0.0110 e. The molecule has 9 heavy (non-hydrogen) atoms. The van der Waals surface area contributed by atoms with Crippen molar-refractivity contribution in [3.05, 3.63) is 0 Å². The molecule has 0 aromatic heterocycles. The van der Waals surface area contributed by atoms with E-state index in [-0.39, 0.29) is 0 Å². The first-order valence-electron chi connectivity index (χ1n) is 4.10. The monoisotopic (exact) mass is 140 g/mol. The highest BCUT2D eigenvalue weighted by atomic mass is 31.1. The van der Waals surface area contributed by atoms with Gasteiger partial charge in [0.2, 0.25) is 0 Å². The second-order valence-electron chi connectivity index (χ2n) is 3.98. The van der Waals surface area contributed by atoms with Gasteiger partial charge in [-0.15, -0.1) is 7.92 Å². The van der Waals surface area contributed by atoms with E-state index < -0.39 is 0 Å². The summed E-state index contributed by atoms with van der Waals surface area (Å²) in [6.07, 6.45) is 4.82. The molecule has 0 amide bonds. The largest absolute Gasteiger partial charge is 0.102 e. The summed E-state index contributed by atoms with van der Waals surface area (Å²) in [4.78, 5) is 0. The Bertz CT molecular complexity index is 135.